The fourth-order valence-corrected chi connectivity index (χ4v) is 2.44. The van der Waals surface area contributed by atoms with Gasteiger partial charge in [0.15, 0.2) is 0 Å². The number of carboxylic acid groups (broad SMARTS) is 1. The highest BCUT2D eigenvalue weighted by molar-refractivity contribution is 5.91. The Kier molecular flexibility index (Phi) is 5.20. The molecule has 0 saturated carbocycles. The number of benzene rings is 1. The number of carbonyl (C=O) groups is 3. The number of likely N-dealkylation sites (tertiary alicyclic amines) is 1. The van der Waals surface area contributed by atoms with E-state index in [2.05, 4.69) is 5.32 Å². The number of hydrogen-bond acceptors (Lipinski definition) is 4. The summed E-state index contributed by atoms with van der Waals surface area (Å²) in [6, 6.07) is 6.40. The van der Waals surface area contributed by atoms with Crippen molar-refractivity contribution in [2.45, 2.75) is 25.9 Å². The highest BCUT2D eigenvalue weighted by atomic mass is 16.5. The molecule has 2 N–H and O–H groups in total. The lowest BCUT2D eigenvalue weighted by Crippen LogP contribution is -2.42. The number of ether oxygens (including phenoxy) is 1. The molecule has 0 aromatic heterocycles. The molecule has 1 aliphatic heterocycles. The van der Waals surface area contributed by atoms with Crippen LogP contribution in [-0.4, -0.2) is 47.5 Å². The van der Waals surface area contributed by atoms with Gasteiger partial charge in [0.2, 0.25) is 11.8 Å². The Hall–Kier alpha value is -2.57. The second-order valence-corrected chi connectivity index (χ2v) is 5.59. The fraction of sp³-hybridized carbons (Fsp3) is 0.438. The molecule has 1 unspecified atom stereocenters. The van der Waals surface area contributed by atoms with Gasteiger partial charge in [-0.25, -0.2) is 0 Å². The zero-order chi connectivity index (χ0) is 17.0. The monoisotopic (exact) mass is 320 g/mol. The minimum atomic E-state index is -1.10. The summed E-state index contributed by atoms with van der Waals surface area (Å²) in [5.74, 6) is -1.38. The number of rotatable bonds is 6. The third-order valence-electron chi connectivity index (χ3n) is 3.85. The van der Waals surface area contributed by atoms with Crippen molar-refractivity contribution in [1.82, 2.24) is 10.2 Å². The minimum absolute atomic E-state index is 0.105. The average molecular weight is 320 g/mol. The van der Waals surface area contributed by atoms with Gasteiger partial charge in [0.1, 0.15) is 11.8 Å². The van der Waals surface area contributed by atoms with Crippen molar-refractivity contribution in [1.29, 1.82) is 0 Å². The van der Waals surface area contributed by atoms with Crippen LogP contribution in [0.15, 0.2) is 24.3 Å². The summed E-state index contributed by atoms with van der Waals surface area (Å²) in [4.78, 5) is 36.4. The first-order valence-corrected chi connectivity index (χ1v) is 7.34. The molecule has 1 aromatic rings. The highest BCUT2D eigenvalue weighted by Crippen LogP contribution is 2.21. The summed E-state index contributed by atoms with van der Waals surface area (Å²) in [7, 11) is 1.58. The molecule has 0 spiro atoms. The van der Waals surface area contributed by atoms with E-state index in [1.54, 1.807) is 12.0 Å². The Morgan fingerprint density at radius 1 is 1.39 bits per heavy atom. The van der Waals surface area contributed by atoms with Gasteiger partial charge in [-0.1, -0.05) is 12.1 Å². The van der Waals surface area contributed by atoms with Crippen LogP contribution >= 0.6 is 0 Å². The van der Waals surface area contributed by atoms with E-state index >= 15 is 0 Å². The molecule has 2 atom stereocenters. The fourth-order valence-electron chi connectivity index (χ4n) is 2.44. The Morgan fingerprint density at radius 3 is 2.61 bits per heavy atom. The molecular formula is C16H20N2O5. The first kappa shape index (κ1) is 16.8. The van der Waals surface area contributed by atoms with Crippen LogP contribution in [-0.2, 0) is 20.9 Å². The topological polar surface area (TPSA) is 95.9 Å². The maximum absolute atomic E-state index is 12.0. The number of amides is 2. The number of carbonyl (C=O) groups excluding carboxylic acids is 2. The van der Waals surface area contributed by atoms with E-state index in [0.29, 0.717) is 13.1 Å². The van der Waals surface area contributed by atoms with Crippen molar-refractivity contribution >= 4 is 17.8 Å². The van der Waals surface area contributed by atoms with E-state index in [9.17, 15) is 14.4 Å². The maximum Gasteiger partial charge on any atom is 0.325 e. The van der Waals surface area contributed by atoms with E-state index in [-0.39, 0.29) is 12.3 Å². The lowest BCUT2D eigenvalue weighted by atomic mass is 10.1. The van der Waals surface area contributed by atoms with Gasteiger partial charge < -0.3 is 20.1 Å². The summed E-state index contributed by atoms with van der Waals surface area (Å²) >= 11 is 0. The number of aliphatic carboxylic acids is 1. The first-order valence-electron chi connectivity index (χ1n) is 7.34. The molecule has 2 rings (SSSR count). The highest BCUT2D eigenvalue weighted by Gasteiger charge is 2.35. The van der Waals surface area contributed by atoms with Gasteiger partial charge in [-0.05, 0) is 24.6 Å². The van der Waals surface area contributed by atoms with E-state index < -0.39 is 23.8 Å². The summed E-state index contributed by atoms with van der Waals surface area (Å²) < 4.78 is 5.08. The average Bonchev–Trinajstić information content (AvgIpc) is 2.89. The SMILES string of the molecule is COc1ccc(CN2CC(C(=O)N[C@H](C)C(=O)O)CC2=O)cc1. The van der Waals surface area contributed by atoms with Gasteiger partial charge in [0, 0.05) is 19.5 Å². The van der Waals surface area contributed by atoms with Gasteiger partial charge in [0.25, 0.3) is 0 Å². The van der Waals surface area contributed by atoms with Crippen LogP contribution in [0.5, 0.6) is 5.75 Å². The molecule has 7 nitrogen and oxygen atoms in total. The number of carboxylic acids is 1. The van der Waals surface area contributed by atoms with Crippen molar-refractivity contribution in [2.24, 2.45) is 5.92 Å². The maximum atomic E-state index is 12.0. The molecule has 0 radical (unpaired) electrons. The van der Waals surface area contributed by atoms with Crippen LogP contribution in [0.1, 0.15) is 18.9 Å². The molecule has 1 fully saturated rings. The van der Waals surface area contributed by atoms with Crippen LogP contribution in [0.3, 0.4) is 0 Å². The summed E-state index contributed by atoms with van der Waals surface area (Å²) in [6.45, 7) is 2.11. The second-order valence-electron chi connectivity index (χ2n) is 5.59. The van der Waals surface area contributed by atoms with E-state index in [1.807, 2.05) is 24.3 Å². The molecular weight excluding hydrogens is 300 g/mol. The van der Waals surface area contributed by atoms with Crippen LogP contribution in [0.2, 0.25) is 0 Å². The summed E-state index contributed by atoms with van der Waals surface area (Å²) in [5, 5.41) is 11.2. The number of nitrogens with one attached hydrogen (secondary N) is 1. The normalized spacial score (nSPS) is 18.6. The molecule has 1 saturated heterocycles. The predicted molar refractivity (Wildman–Crippen MR) is 81.8 cm³/mol. The first-order chi connectivity index (χ1) is 10.9. The summed E-state index contributed by atoms with van der Waals surface area (Å²) in [5.41, 5.74) is 0.944. The lowest BCUT2D eigenvalue weighted by Gasteiger charge is -2.17. The number of methoxy groups -OCH3 is 1. The van der Waals surface area contributed by atoms with Gasteiger partial charge in [0.05, 0.1) is 13.0 Å². The van der Waals surface area contributed by atoms with E-state index in [0.717, 1.165) is 11.3 Å². The lowest BCUT2D eigenvalue weighted by molar-refractivity contribution is -0.141. The van der Waals surface area contributed by atoms with Crippen molar-refractivity contribution in [3.63, 3.8) is 0 Å². The molecule has 2 amide bonds. The van der Waals surface area contributed by atoms with Crippen LogP contribution in [0, 0.1) is 5.92 Å². The smallest absolute Gasteiger partial charge is 0.325 e. The zero-order valence-electron chi connectivity index (χ0n) is 13.1. The summed E-state index contributed by atoms with van der Waals surface area (Å²) in [6.07, 6.45) is 0.105. The van der Waals surface area contributed by atoms with Crippen LogP contribution in [0.25, 0.3) is 0 Å². The Morgan fingerprint density at radius 2 is 2.04 bits per heavy atom. The molecule has 23 heavy (non-hydrogen) atoms. The molecule has 0 aliphatic carbocycles. The standard InChI is InChI=1S/C16H20N2O5/c1-10(16(21)22)17-15(20)12-7-14(19)18(9-12)8-11-3-5-13(23-2)6-4-11/h3-6,10,12H,7-9H2,1-2H3,(H,17,20)(H,21,22)/t10-,12?/m1/s1. The molecule has 124 valence electrons. The van der Waals surface area contributed by atoms with Crippen molar-refractivity contribution in [2.75, 3.05) is 13.7 Å². The molecule has 1 heterocycles. The zero-order valence-corrected chi connectivity index (χ0v) is 13.1. The largest absolute Gasteiger partial charge is 0.497 e. The van der Waals surface area contributed by atoms with E-state index in [4.69, 9.17) is 9.84 Å². The molecule has 1 aromatic carbocycles. The van der Waals surface area contributed by atoms with Gasteiger partial charge >= 0.3 is 5.97 Å². The Labute approximate surface area is 134 Å². The third kappa shape index (κ3) is 4.21. The molecule has 7 heteroatoms. The van der Waals surface area contributed by atoms with Crippen molar-refractivity contribution < 1.29 is 24.2 Å². The Balaban J connectivity index is 1.93. The predicted octanol–water partition coefficient (Wildman–Crippen LogP) is 0.633. The number of hydrogen-bond donors (Lipinski definition) is 2. The van der Waals surface area contributed by atoms with Gasteiger partial charge in [-0.15, -0.1) is 0 Å². The molecule has 1 aliphatic rings. The Bertz CT molecular complexity index is 599. The third-order valence-corrected chi connectivity index (χ3v) is 3.85. The van der Waals surface area contributed by atoms with Crippen molar-refractivity contribution in [3.8, 4) is 5.75 Å². The second kappa shape index (κ2) is 7.13. The minimum Gasteiger partial charge on any atom is -0.497 e. The van der Waals surface area contributed by atoms with Crippen LogP contribution in [0.4, 0.5) is 0 Å². The number of nitrogens with zero attached hydrogens (tertiary/aromatic N) is 1. The van der Waals surface area contributed by atoms with E-state index in [1.165, 1.54) is 6.92 Å². The quantitative estimate of drug-likeness (QED) is 0.801. The van der Waals surface area contributed by atoms with Crippen LogP contribution < -0.4 is 10.1 Å². The molecule has 0 bridgehead atoms. The van der Waals surface area contributed by atoms with Crippen molar-refractivity contribution in [3.05, 3.63) is 29.8 Å². The van der Waals surface area contributed by atoms with Gasteiger partial charge in [-0.2, -0.15) is 0 Å². The van der Waals surface area contributed by atoms with Gasteiger partial charge in [-0.3, -0.25) is 14.4 Å².